The summed E-state index contributed by atoms with van der Waals surface area (Å²) in [5, 5.41) is 0. The highest BCUT2D eigenvalue weighted by Gasteiger charge is 2.21. The van der Waals surface area contributed by atoms with Gasteiger partial charge < -0.3 is 4.74 Å². The summed E-state index contributed by atoms with van der Waals surface area (Å²) in [6.45, 7) is 1.37. The zero-order valence-corrected chi connectivity index (χ0v) is 15.0. The molecule has 27 heavy (non-hydrogen) atoms. The second-order valence-corrected chi connectivity index (χ2v) is 5.91. The average Bonchev–Trinajstić information content (AvgIpc) is 2.66. The van der Waals surface area contributed by atoms with Gasteiger partial charge in [0, 0.05) is 11.1 Å². The Hall–Kier alpha value is -2.37. The van der Waals surface area contributed by atoms with Crippen molar-refractivity contribution < 1.29 is 26.7 Å². The van der Waals surface area contributed by atoms with Crippen molar-refractivity contribution in [2.24, 2.45) is 0 Å². The molecule has 0 bridgehead atoms. The number of hydrogen-bond acceptors (Lipinski definition) is 1. The summed E-state index contributed by atoms with van der Waals surface area (Å²) in [5.41, 5.74) is -0.586. The normalized spacial score (nSPS) is 11.3. The van der Waals surface area contributed by atoms with Crippen LogP contribution in [0, 0.1) is 23.3 Å². The maximum Gasteiger partial charge on any atom is 0.201 e. The Morgan fingerprint density at radius 1 is 0.815 bits per heavy atom. The first-order valence-corrected chi connectivity index (χ1v) is 8.80. The topological polar surface area (TPSA) is 9.23 Å². The molecule has 1 nitrogen and oxygen atoms in total. The smallest absolute Gasteiger partial charge is 0.201 e. The molecule has 0 amide bonds. The third-order valence-electron chi connectivity index (χ3n) is 4.05. The van der Waals surface area contributed by atoms with E-state index in [4.69, 9.17) is 4.74 Å². The van der Waals surface area contributed by atoms with E-state index in [1.165, 1.54) is 18.2 Å². The minimum atomic E-state index is -1.29. The first-order chi connectivity index (χ1) is 13.0. The van der Waals surface area contributed by atoms with Crippen LogP contribution in [0.2, 0.25) is 0 Å². The van der Waals surface area contributed by atoms with Crippen LogP contribution in [0.25, 0.3) is 11.1 Å². The van der Waals surface area contributed by atoms with Crippen LogP contribution < -0.4 is 4.74 Å². The minimum Gasteiger partial charge on any atom is -0.491 e. The molecule has 0 fully saturated rings. The zero-order chi connectivity index (χ0) is 19.8. The van der Waals surface area contributed by atoms with Crippen molar-refractivity contribution in [2.75, 3.05) is 13.3 Å². The standard InChI is InChI=1S/C21H21F5O/c1-2-27-17-12-11-16(20(25)21(17)26)15-10-9-14(18(23)19(15)24)8-6-4-3-5-7-13-22/h3-4,9-12H,2,5-8,13H2,1H3. The second kappa shape index (κ2) is 10.1. The van der Waals surface area contributed by atoms with Crippen molar-refractivity contribution in [1.82, 2.24) is 0 Å². The maximum absolute atomic E-state index is 14.4. The fourth-order valence-corrected chi connectivity index (χ4v) is 2.67. The van der Waals surface area contributed by atoms with E-state index >= 15 is 0 Å². The van der Waals surface area contributed by atoms with E-state index in [2.05, 4.69) is 0 Å². The fraction of sp³-hybridized carbons (Fsp3) is 0.333. The molecule has 0 aromatic heterocycles. The Morgan fingerprint density at radius 3 is 2.11 bits per heavy atom. The van der Waals surface area contributed by atoms with E-state index in [-0.39, 0.29) is 35.5 Å². The van der Waals surface area contributed by atoms with E-state index < -0.39 is 29.9 Å². The minimum absolute atomic E-state index is 0.137. The van der Waals surface area contributed by atoms with Gasteiger partial charge in [0.15, 0.2) is 23.2 Å². The zero-order valence-electron chi connectivity index (χ0n) is 15.0. The van der Waals surface area contributed by atoms with Crippen molar-refractivity contribution >= 4 is 0 Å². The summed E-state index contributed by atoms with van der Waals surface area (Å²) < 4.78 is 73.9. The number of aryl methyl sites for hydroxylation is 1. The molecule has 0 spiro atoms. The Bertz CT molecular complexity index is 802. The monoisotopic (exact) mass is 384 g/mol. The van der Waals surface area contributed by atoms with Gasteiger partial charge in [0.25, 0.3) is 0 Å². The number of halogens is 5. The number of hydrogen-bond donors (Lipinski definition) is 0. The van der Waals surface area contributed by atoms with Crippen molar-refractivity contribution in [3.05, 3.63) is 65.2 Å². The molecule has 0 unspecified atom stereocenters. The lowest BCUT2D eigenvalue weighted by molar-refractivity contribution is 0.314. The van der Waals surface area contributed by atoms with Crippen LogP contribution in [0.5, 0.6) is 5.75 Å². The van der Waals surface area contributed by atoms with E-state index in [9.17, 15) is 22.0 Å². The van der Waals surface area contributed by atoms with Crippen LogP contribution in [0.4, 0.5) is 22.0 Å². The largest absolute Gasteiger partial charge is 0.491 e. The van der Waals surface area contributed by atoms with Crippen LogP contribution >= 0.6 is 0 Å². The summed E-state index contributed by atoms with van der Waals surface area (Å²) >= 11 is 0. The van der Waals surface area contributed by atoms with E-state index in [0.717, 1.165) is 6.07 Å². The Kier molecular flexibility index (Phi) is 7.82. The van der Waals surface area contributed by atoms with Crippen molar-refractivity contribution in [3.8, 4) is 16.9 Å². The van der Waals surface area contributed by atoms with Crippen molar-refractivity contribution in [1.29, 1.82) is 0 Å². The molecule has 0 saturated carbocycles. The maximum atomic E-state index is 14.4. The van der Waals surface area contributed by atoms with Crippen LogP contribution in [-0.2, 0) is 6.42 Å². The number of benzene rings is 2. The van der Waals surface area contributed by atoms with Gasteiger partial charge in [0.1, 0.15) is 0 Å². The highest BCUT2D eigenvalue weighted by atomic mass is 19.2. The van der Waals surface area contributed by atoms with Crippen LogP contribution in [0.15, 0.2) is 36.4 Å². The van der Waals surface area contributed by atoms with Gasteiger partial charge in [-0.05, 0) is 50.3 Å². The Morgan fingerprint density at radius 2 is 1.44 bits per heavy atom. The lowest BCUT2D eigenvalue weighted by atomic mass is 9.99. The van der Waals surface area contributed by atoms with Crippen LogP contribution in [0.1, 0.15) is 31.7 Å². The lowest BCUT2D eigenvalue weighted by Crippen LogP contribution is -2.01. The molecule has 0 saturated heterocycles. The number of alkyl halides is 1. The van der Waals surface area contributed by atoms with Gasteiger partial charge in [-0.25, -0.2) is 13.2 Å². The van der Waals surface area contributed by atoms with Gasteiger partial charge in [-0.2, -0.15) is 4.39 Å². The second-order valence-electron chi connectivity index (χ2n) is 5.91. The van der Waals surface area contributed by atoms with Gasteiger partial charge in [0.2, 0.25) is 5.82 Å². The summed E-state index contributed by atoms with van der Waals surface area (Å²) in [5.74, 6) is -5.12. The number of ether oxygens (including phenoxy) is 1. The molecule has 0 radical (unpaired) electrons. The molecule has 0 aliphatic carbocycles. The van der Waals surface area contributed by atoms with Crippen molar-refractivity contribution in [2.45, 2.75) is 32.6 Å². The number of unbranched alkanes of at least 4 members (excludes halogenated alkanes) is 1. The molecule has 0 aliphatic heterocycles. The van der Waals surface area contributed by atoms with Gasteiger partial charge in [-0.15, -0.1) is 0 Å². The summed E-state index contributed by atoms with van der Waals surface area (Å²) in [4.78, 5) is 0. The summed E-state index contributed by atoms with van der Waals surface area (Å²) in [7, 11) is 0. The molecule has 6 heteroatoms. The van der Waals surface area contributed by atoms with Gasteiger partial charge >= 0.3 is 0 Å². The molecular weight excluding hydrogens is 363 g/mol. The first-order valence-electron chi connectivity index (χ1n) is 8.80. The summed E-state index contributed by atoms with van der Waals surface area (Å²) in [6.07, 6.45) is 5.30. The molecule has 2 aromatic carbocycles. The third kappa shape index (κ3) is 5.08. The van der Waals surface area contributed by atoms with Gasteiger partial charge in [-0.3, -0.25) is 4.39 Å². The van der Waals surface area contributed by atoms with Crippen molar-refractivity contribution in [3.63, 3.8) is 0 Å². The molecule has 0 aliphatic rings. The molecule has 146 valence electrons. The molecule has 0 atom stereocenters. The lowest BCUT2D eigenvalue weighted by Gasteiger charge is -2.11. The number of rotatable bonds is 9. The fourth-order valence-electron chi connectivity index (χ4n) is 2.67. The predicted molar refractivity (Wildman–Crippen MR) is 95.5 cm³/mol. The quantitative estimate of drug-likeness (QED) is 0.271. The van der Waals surface area contributed by atoms with Gasteiger partial charge in [-0.1, -0.05) is 24.3 Å². The van der Waals surface area contributed by atoms with E-state index in [0.29, 0.717) is 19.3 Å². The predicted octanol–water partition coefficient (Wildman–Crippen LogP) is 6.55. The Balaban J connectivity index is 2.22. The van der Waals surface area contributed by atoms with E-state index in [1.807, 2.05) is 0 Å². The molecule has 2 aromatic rings. The van der Waals surface area contributed by atoms with Crippen LogP contribution in [0.3, 0.4) is 0 Å². The average molecular weight is 384 g/mol. The highest BCUT2D eigenvalue weighted by Crippen LogP contribution is 2.33. The SMILES string of the molecule is CCOc1ccc(-c2ccc(CCC=CCCCF)c(F)c2F)c(F)c1F. The van der Waals surface area contributed by atoms with E-state index in [1.54, 1.807) is 19.1 Å². The molecule has 0 heterocycles. The molecule has 2 rings (SSSR count). The number of allylic oxidation sites excluding steroid dienone is 2. The Labute approximate surface area is 155 Å². The highest BCUT2D eigenvalue weighted by molar-refractivity contribution is 5.66. The van der Waals surface area contributed by atoms with Gasteiger partial charge in [0.05, 0.1) is 13.3 Å². The first kappa shape index (κ1) is 20.9. The molecule has 0 N–H and O–H groups in total. The molecular formula is C21H21F5O. The van der Waals surface area contributed by atoms with Crippen LogP contribution in [-0.4, -0.2) is 13.3 Å². The third-order valence-corrected chi connectivity index (χ3v) is 4.05. The summed E-state index contributed by atoms with van der Waals surface area (Å²) in [6, 6.07) is 4.94.